The van der Waals surface area contributed by atoms with Gasteiger partial charge in [0, 0.05) is 12.4 Å². The van der Waals surface area contributed by atoms with Crippen molar-refractivity contribution in [2.45, 2.75) is 19.4 Å². The quantitative estimate of drug-likeness (QED) is 0.804. The molecule has 0 bridgehead atoms. The predicted octanol–water partition coefficient (Wildman–Crippen LogP) is 2.06. The van der Waals surface area contributed by atoms with Crippen LogP contribution in [0.2, 0.25) is 0 Å². The Hall–Kier alpha value is -1.08. The van der Waals surface area contributed by atoms with Crippen LogP contribution < -0.4 is 5.32 Å². The molecule has 1 N–H and O–H groups in total. The van der Waals surface area contributed by atoms with E-state index in [-0.39, 0.29) is 0 Å². The van der Waals surface area contributed by atoms with Gasteiger partial charge in [-0.15, -0.1) is 6.42 Å². The molecule has 0 amide bonds. The minimum atomic E-state index is -0.423. The van der Waals surface area contributed by atoms with Gasteiger partial charge in [-0.25, -0.2) is 9.97 Å². The fourth-order valence-corrected chi connectivity index (χ4v) is 0.897. The molecule has 0 aliphatic rings. The van der Waals surface area contributed by atoms with E-state index in [9.17, 15) is 0 Å². The van der Waals surface area contributed by atoms with Gasteiger partial charge in [-0.1, -0.05) is 5.92 Å². The van der Waals surface area contributed by atoms with Crippen LogP contribution in [-0.4, -0.2) is 15.5 Å². The van der Waals surface area contributed by atoms with Crippen LogP contribution in [0, 0.1) is 12.3 Å². The number of rotatable bonds is 2. The monoisotopic (exact) mass is 239 g/mol. The van der Waals surface area contributed by atoms with E-state index < -0.39 is 5.54 Å². The summed E-state index contributed by atoms with van der Waals surface area (Å²) in [5.74, 6) is 3.14. The molecule has 0 aliphatic carbocycles. The second-order valence-electron chi connectivity index (χ2n) is 3.12. The fraction of sp³-hybridized carbons (Fsp3) is 0.333. The normalized spacial score (nSPS) is 10.6. The van der Waals surface area contributed by atoms with Crippen LogP contribution in [0.15, 0.2) is 16.9 Å². The van der Waals surface area contributed by atoms with Crippen molar-refractivity contribution in [3.05, 3.63) is 16.9 Å². The molecular formula is C9H10BrN3. The molecule has 1 aromatic heterocycles. The molecule has 4 heteroatoms. The van der Waals surface area contributed by atoms with Crippen LogP contribution in [0.3, 0.4) is 0 Å². The molecule has 0 unspecified atom stereocenters. The van der Waals surface area contributed by atoms with Crippen LogP contribution in [0.5, 0.6) is 0 Å². The van der Waals surface area contributed by atoms with Gasteiger partial charge < -0.3 is 5.32 Å². The van der Waals surface area contributed by atoms with Crippen LogP contribution in [0.25, 0.3) is 0 Å². The molecule has 0 aliphatic heterocycles. The molecule has 0 radical (unpaired) electrons. The summed E-state index contributed by atoms with van der Waals surface area (Å²) in [6.07, 6.45) is 8.64. The Labute approximate surface area is 86.1 Å². The highest BCUT2D eigenvalue weighted by molar-refractivity contribution is 9.10. The summed E-state index contributed by atoms with van der Waals surface area (Å²) in [5, 5.41) is 3.02. The first-order chi connectivity index (χ1) is 6.03. The van der Waals surface area contributed by atoms with E-state index in [0.29, 0.717) is 5.95 Å². The Balaban J connectivity index is 2.77. The number of nitrogens with one attached hydrogen (secondary N) is 1. The lowest BCUT2D eigenvalue weighted by Crippen LogP contribution is -2.29. The highest BCUT2D eigenvalue weighted by atomic mass is 79.9. The average Bonchev–Trinajstić information content (AvgIpc) is 2.09. The number of anilines is 1. The topological polar surface area (TPSA) is 37.8 Å². The van der Waals surface area contributed by atoms with Gasteiger partial charge in [-0.2, -0.15) is 0 Å². The SMILES string of the molecule is C#CC(C)(C)Nc1ncc(Br)cn1. The van der Waals surface area contributed by atoms with Crippen molar-refractivity contribution >= 4 is 21.9 Å². The summed E-state index contributed by atoms with van der Waals surface area (Å²) in [6.45, 7) is 3.77. The molecule has 0 saturated carbocycles. The Morgan fingerprint density at radius 3 is 2.46 bits per heavy atom. The maximum Gasteiger partial charge on any atom is 0.223 e. The minimum Gasteiger partial charge on any atom is -0.338 e. The van der Waals surface area contributed by atoms with Gasteiger partial charge in [-0.05, 0) is 29.8 Å². The molecular weight excluding hydrogens is 230 g/mol. The van der Waals surface area contributed by atoms with Crippen LogP contribution in [-0.2, 0) is 0 Å². The summed E-state index contributed by atoms with van der Waals surface area (Å²) in [6, 6.07) is 0. The zero-order valence-corrected chi connectivity index (χ0v) is 9.09. The van der Waals surface area contributed by atoms with Crippen LogP contribution >= 0.6 is 15.9 Å². The van der Waals surface area contributed by atoms with Crippen LogP contribution in [0.4, 0.5) is 5.95 Å². The summed E-state index contributed by atoms with van der Waals surface area (Å²) >= 11 is 3.25. The maximum absolute atomic E-state index is 5.31. The first-order valence-corrected chi connectivity index (χ1v) is 4.56. The molecule has 3 nitrogen and oxygen atoms in total. The van der Waals surface area contributed by atoms with Crippen molar-refractivity contribution in [2.75, 3.05) is 5.32 Å². The van der Waals surface area contributed by atoms with Crippen molar-refractivity contribution in [1.82, 2.24) is 9.97 Å². The van der Waals surface area contributed by atoms with E-state index in [0.717, 1.165) is 4.47 Å². The highest BCUT2D eigenvalue weighted by Gasteiger charge is 2.13. The molecule has 0 aromatic carbocycles. The van der Waals surface area contributed by atoms with E-state index in [4.69, 9.17) is 6.42 Å². The number of terminal acetylenes is 1. The third-order valence-corrected chi connectivity index (χ3v) is 1.81. The molecule has 0 saturated heterocycles. The van der Waals surface area contributed by atoms with Crippen molar-refractivity contribution in [1.29, 1.82) is 0 Å². The Kier molecular flexibility index (Phi) is 2.89. The second-order valence-corrected chi connectivity index (χ2v) is 4.03. The Morgan fingerprint density at radius 2 is 2.00 bits per heavy atom. The van der Waals surface area contributed by atoms with Gasteiger partial charge in [0.2, 0.25) is 5.95 Å². The van der Waals surface area contributed by atoms with Crippen molar-refractivity contribution < 1.29 is 0 Å². The highest BCUT2D eigenvalue weighted by Crippen LogP contribution is 2.11. The standard InChI is InChI=1S/C9H10BrN3/c1-4-9(2,3)13-8-11-5-7(10)6-12-8/h1,5-6H,2-3H3,(H,11,12,13). The van der Waals surface area contributed by atoms with Crippen molar-refractivity contribution in [3.8, 4) is 12.3 Å². The average molecular weight is 240 g/mol. The minimum absolute atomic E-state index is 0.423. The summed E-state index contributed by atoms with van der Waals surface area (Å²) < 4.78 is 0.844. The van der Waals surface area contributed by atoms with E-state index in [1.54, 1.807) is 12.4 Å². The molecule has 1 aromatic rings. The van der Waals surface area contributed by atoms with E-state index in [2.05, 4.69) is 37.1 Å². The first-order valence-electron chi connectivity index (χ1n) is 3.77. The molecule has 13 heavy (non-hydrogen) atoms. The van der Waals surface area contributed by atoms with Crippen molar-refractivity contribution in [2.24, 2.45) is 0 Å². The van der Waals surface area contributed by atoms with Gasteiger partial charge in [0.25, 0.3) is 0 Å². The number of aromatic nitrogens is 2. The van der Waals surface area contributed by atoms with Gasteiger partial charge in [0.1, 0.15) is 0 Å². The van der Waals surface area contributed by atoms with E-state index in [1.807, 2.05) is 13.8 Å². The summed E-state index contributed by atoms with van der Waals surface area (Å²) in [4.78, 5) is 8.09. The second kappa shape index (κ2) is 3.75. The Bertz CT molecular complexity index is 324. The molecule has 68 valence electrons. The largest absolute Gasteiger partial charge is 0.338 e. The molecule has 0 fully saturated rings. The lowest BCUT2D eigenvalue weighted by atomic mass is 10.1. The Morgan fingerprint density at radius 1 is 1.46 bits per heavy atom. The third kappa shape index (κ3) is 3.03. The van der Waals surface area contributed by atoms with Gasteiger partial charge in [-0.3, -0.25) is 0 Å². The van der Waals surface area contributed by atoms with Gasteiger partial charge in [0.05, 0.1) is 10.0 Å². The number of nitrogens with zero attached hydrogens (tertiary/aromatic N) is 2. The lowest BCUT2D eigenvalue weighted by Gasteiger charge is -2.18. The summed E-state index contributed by atoms with van der Waals surface area (Å²) in [7, 11) is 0. The molecule has 1 rings (SSSR count). The fourth-order valence-electron chi connectivity index (χ4n) is 0.692. The molecule has 0 atom stereocenters. The van der Waals surface area contributed by atoms with Crippen molar-refractivity contribution in [3.63, 3.8) is 0 Å². The van der Waals surface area contributed by atoms with E-state index >= 15 is 0 Å². The van der Waals surface area contributed by atoms with E-state index in [1.165, 1.54) is 0 Å². The predicted molar refractivity (Wildman–Crippen MR) is 56.3 cm³/mol. The number of hydrogen-bond donors (Lipinski definition) is 1. The lowest BCUT2D eigenvalue weighted by molar-refractivity contribution is 0.728. The first kappa shape index (κ1) is 10.0. The van der Waals surface area contributed by atoms with Crippen LogP contribution in [0.1, 0.15) is 13.8 Å². The van der Waals surface area contributed by atoms with Gasteiger partial charge >= 0.3 is 0 Å². The molecule has 0 spiro atoms. The zero-order valence-electron chi connectivity index (χ0n) is 7.50. The molecule has 1 heterocycles. The summed E-state index contributed by atoms with van der Waals surface area (Å²) in [5.41, 5.74) is -0.423. The zero-order chi connectivity index (χ0) is 9.90. The number of hydrogen-bond acceptors (Lipinski definition) is 3. The third-order valence-electron chi connectivity index (χ3n) is 1.41. The number of halogens is 1. The van der Waals surface area contributed by atoms with Gasteiger partial charge in [0.15, 0.2) is 0 Å². The maximum atomic E-state index is 5.31. The smallest absolute Gasteiger partial charge is 0.223 e.